The lowest BCUT2D eigenvalue weighted by atomic mass is 10.0. The van der Waals surface area contributed by atoms with Crippen LogP contribution < -0.4 is 4.90 Å². The molecule has 2 aliphatic rings. The Hall–Kier alpha value is -3.68. The smallest absolute Gasteiger partial charge is 0.272 e. The van der Waals surface area contributed by atoms with Crippen molar-refractivity contribution in [1.82, 2.24) is 19.9 Å². The van der Waals surface area contributed by atoms with Crippen LogP contribution in [0, 0.1) is 12.7 Å². The normalized spacial score (nSPS) is 17.9. The minimum atomic E-state index is -0.333. The number of hydrogen-bond donors (Lipinski definition) is 0. The van der Waals surface area contributed by atoms with E-state index in [1.54, 1.807) is 46.3 Å². The molecule has 4 heterocycles. The van der Waals surface area contributed by atoms with E-state index in [0.717, 1.165) is 17.7 Å². The summed E-state index contributed by atoms with van der Waals surface area (Å²) >= 11 is 0. The highest BCUT2D eigenvalue weighted by molar-refractivity contribution is 5.95. The van der Waals surface area contributed by atoms with Gasteiger partial charge in [-0.15, -0.1) is 0 Å². The van der Waals surface area contributed by atoms with Gasteiger partial charge in [0.05, 0.1) is 6.54 Å². The van der Waals surface area contributed by atoms with Crippen molar-refractivity contribution >= 4 is 17.6 Å². The molecule has 2 aliphatic heterocycles. The van der Waals surface area contributed by atoms with Gasteiger partial charge in [-0.1, -0.05) is 18.2 Å². The standard InChI is InChI=1S/C25H24FN5O2/c1-16-20-8-9-22(32)31(14-17-5-4-6-19(26)13-17)24(20)29-23(28-16)18-10-12-30(15-18)25(33)21-7-2-3-11-27-21/h2-7,11,13,18H,8-10,12,14-15H2,1H3/t18-/m1/s1. The molecule has 2 aromatic heterocycles. The zero-order chi connectivity index (χ0) is 22.9. The van der Waals surface area contributed by atoms with Gasteiger partial charge < -0.3 is 4.90 Å². The van der Waals surface area contributed by atoms with Gasteiger partial charge >= 0.3 is 0 Å². The first-order chi connectivity index (χ1) is 16.0. The Labute approximate surface area is 191 Å². The Morgan fingerprint density at radius 3 is 2.82 bits per heavy atom. The Morgan fingerprint density at radius 1 is 1.15 bits per heavy atom. The summed E-state index contributed by atoms with van der Waals surface area (Å²) in [6.07, 6.45) is 3.33. The monoisotopic (exact) mass is 445 g/mol. The molecule has 0 aliphatic carbocycles. The Balaban J connectivity index is 1.41. The number of carbonyl (C=O) groups is 2. The summed E-state index contributed by atoms with van der Waals surface area (Å²) < 4.78 is 13.7. The highest BCUT2D eigenvalue weighted by Crippen LogP contribution is 2.33. The molecule has 1 atom stereocenters. The van der Waals surface area contributed by atoms with Gasteiger partial charge in [-0.3, -0.25) is 19.5 Å². The Kier molecular flexibility index (Phi) is 5.58. The number of nitrogens with zero attached hydrogens (tertiary/aromatic N) is 5. The summed E-state index contributed by atoms with van der Waals surface area (Å²) in [4.78, 5) is 42.7. The molecule has 0 radical (unpaired) electrons. The van der Waals surface area contributed by atoms with Crippen LogP contribution in [-0.4, -0.2) is 44.8 Å². The summed E-state index contributed by atoms with van der Waals surface area (Å²) in [5.41, 5.74) is 2.94. The van der Waals surface area contributed by atoms with Crippen molar-refractivity contribution in [3.8, 4) is 0 Å². The molecule has 8 heteroatoms. The van der Waals surface area contributed by atoms with Crippen molar-refractivity contribution < 1.29 is 14.0 Å². The number of benzene rings is 1. The molecular weight excluding hydrogens is 421 g/mol. The number of amides is 2. The molecular formula is C25H24FN5O2. The van der Waals surface area contributed by atoms with Crippen LogP contribution in [0.4, 0.5) is 10.2 Å². The van der Waals surface area contributed by atoms with Crippen LogP contribution in [0.2, 0.25) is 0 Å². The van der Waals surface area contributed by atoms with Crippen LogP contribution in [0.15, 0.2) is 48.7 Å². The lowest BCUT2D eigenvalue weighted by Gasteiger charge is -2.30. The average Bonchev–Trinajstić information content (AvgIpc) is 3.31. The summed E-state index contributed by atoms with van der Waals surface area (Å²) in [5.74, 6) is 0.758. The Morgan fingerprint density at radius 2 is 2.03 bits per heavy atom. The molecule has 33 heavy (non-hydrogen) atoms. The van der Waals surface area contributed by atoms with Crippen LogP contribution in [0.1, 0.15) is 51.9 Å². The van der Waals surface area contributed by atoms with Crippen molar-refractivity contribution in [3.63, 3.8) is 0 Å². The maximum Gasteiger partial charge on any atom is 0.272 e. The number of anilines is 1. The zero-order valence-corrected chi connectivity index (χ0v) is 18.4. The van der Waals surface area contributed by atoms with Gasteiger partial charge in [-0.2, -0.15) is 0 Å². The number of likely N-dealkylation sites (tertiary alicyclic amines) is 1. The van der Waals surface area contributed by atoms with Crippen LogP contribution in [-0.2, 0) is 17.8 Å². The second-order valence-electron chi connectivity index (χ2n) is 8.53. The number of rotatable bonds is 4. The lowest BCUT2D eigenvalue weighted by molar-refractivity contribution is -0.119. The van der Waals surface area contributed by atoms with Crippen molar-refractivity contribution in [2.75, 3.05) is 18.0 Å². The lowest BCUT2D eigenvalue weighted by Crippen LogP contribution is -2.36. The molecule has 0 spiro atoms. The fraction of sp³-hybridized carbons (Fsp3) is 0.320. The van der Waals surface area contributed by atoms with Crippen molar-refractivity contribution in [2.24, 2.45) is 0 Å². The first kappa shape index (κ1) is 21.2. The van der Waals surface area contributed by atoms with Crippen LogP contribution in [0.5, 0.6) is 0 Å². The number of hydrogen-bond acceptors (Lipinski definition) is 5. The van der Waals surface area contributed by atoms with Gasteiger partial charge in [0.15, 0.2) is 0 Å². The maximum atomic E-state index is 13.7. The SMILES string of the molecule is Cc1nc([C@@H]2CCN(C(=O)c3ccccn3)C2)nc2c1CCC(=O)N2Cc1cccc(F)c1. The number of carbonyl (C=O) groups excluding carboxylic acids is 2. The predicted molar refractivity (Wildman–Crippen MR) is 120 cm³/mol. The molecule has 0 saturated carbocycles. The molecule has 0 bridgehead atoms. The predicted octanol–water partition coefficient (Wildman–Crippen LogP) is 3.43. The van der Waals surface area contributed by atoms with Crippen LogP contribution in [0.25, 0.3) is 0 Å². The van der Waals surface area contributed by atoms with Gasteiger partial charge in [-0.05, 0) is 49.6 Å². The van der Waals surface area contributed by atoms with E-state index in [1.807, 2.05) is 6.92 Å². The van der Waals surface area contributed by atoms with Crippen LogP contribution >= 0.6 is 0 Å². The minimum Gasteiger partial charge on any atom is -0.337 e. The summed E-state index contributed by atoms with van der Waals surface area (Å²) in [7, 11) is 0. The fourth-order valence-electron chi connectivity index (χ4n) is 4.57. The molecule has 1 saturated heterocycles. The third-order valence-electron chi connectivity index (χ3n) is 6.31. The van der Waals surface area contributed by atoms with E-state index >= 15 is 0 Å². The first-order valence-electron chi connectivity index (χ1n) is 11.1. The van der Waals surface area contributed by atoms with E-state index < -0.39 is 0 Å². The molecule has 7 nitrogen and oxygen atoms in total. The van der Waals surface area contributed by atoms with E-state index in [9.17, 15) is 14.0 Å². The van der Waals surface area contributed by atoms with Crippen molar-refractivity contribution in [1.29, 1.82) is 0 Å². The Bertz CT molecular complexity index is 1220. The van der Waals surface area contributed by atoms with E-state index in [1.165, 1.54) is 12.1 Å². The molecule has 0 unspecified atom stereocenters. The minimum absolute atomic E-state index is 0.0188. The van der Waals surface area contributed by atoms with E-state index in [2.05, 4.69) is 4.98 Å². The van der Waals surface area contributed by atoms with E-state index in [4.69, 9.17) is 9.97 Å². The molecule has 1 fully saturated rings. The van der Waals surface area contributed by atoms with Gasteiger partial charge in [0.2, 0.25) is 5.91 Å². The first-order valence-corrected chi connectivity index (χ1v) is 11.1. The highest BCUT2D eigenvalue weighted by Gasteiger charge is 2.33. The number of aromatic nitrogens is 3. The van der Waals surface area contributed by atoms with E-state index in [0.29, 0.717) is 48.8 Å². The molecule has 2 amide bonds. The number of aryl methyl sites for hydroxylation is 1. The van der Waals surface area contributed by atoms with Crippen LogP contribution in [0.3, 0.4) is 0 Å². The van der Waals surface area contributed by atoms with Gasteiger partial charge in [0.1, 0.15) is 23.2 Å². The summed E-state index contributed by atoms with van der Waals surface area (Å²) in [6.45, 7) is 3.30. The summed E-state index contributed by atoms with van der Waals surface area (Å²) in [6, 6.07) is 11.6. The van der Waals surface area contributed by atoms with Gasteiger partial charge in [-0.25, -0.2) is 14.4 Å². The van der Waals surface area contributed by atoms with Crippen molar-refractivity contribution in [3.05, 3.63) is 82.8 Å². The molecule has 168 valence electrons. The number of fused-ring (bicyclic) bond motifs is 1. The van der Waals surface area contributed by atoms with Gasteiger partial charge in [0, 0.05) is 42.9 Å². The quantitative estimate of drug-likeness (QED) is 0.615. The maximum absolute atomic E-state index is 13.7. The largest absolute Gasteiger partial charge is 0.337 e. The highest BCUT2D eigenvalue weighted by atomic mass is 19.1. The number of halogens is 1. The number of pyridine rings is 1. The second-order valence-corrected chi connectivity index (χ2v) is 8.53. The second kappa shape index (κ2) is 8.69. The molecule has 5 rings (SSSR count). The fourth-order valence-corrected chi connectivity index (χ4v) is 4.57. The third-order valence-corrected chi connectivity index (χ3v) is 6.31. The van der Waals surface area contributed by atoms with Crippen molar-refractivity contribution in [2.45, 2.75) is 38.6 Å². The average molecular weight is 445 g/mol. The molecule has 3 aromatic rings. The molecule has 1 aromatic carbocycles. The topological polar surface area (TPSA) is 79.3 Å². The van der Waals surface area contributed by atoms with E-state index in [-0.39, 0.29) is 30.1 Å². The third kappa shape index (κ3) is 4.20. The zero-order valence-electron chi connectivity index (χ0n) is 18.4. The summed E-state index contributed by atoms with van der Waals surface area (Å²) in [5, 5.41) is 0. The van der Waals surface area contributed by atoms with Gasteiger partial charge in [0.25, 0.3) is 5.91 Å². The molecule has 0 N–H and O–H groups in total.